The molecular formula is C13H18O3. The SMILES string of the molecule is CCOC(=O)C(O)C1=CC=CC(C)(C)C=C1. The maximum Gasteiger partial charge on any atom is 0.339 e. The van der Waals surface area contributed by atoms with Gasteiger partial charge in [0.15, 0.2) is 6.10 Å². The van der Waals surface area contributed by atoms with E-state index in [1.54, 1.807) is 19.1 Å². The molecule has 3 nitrogen and oxygen atoms in total. The van der Waals surface area contributed by atoms with Gasteiger partial charge in [0.25, 0.3) is 0 Å². The predicted octanol–water partition coefficient (Wildman–Crippen LogP) is 1.99. The highest BCUT2D eigenvalue weighted by molar-refractivity contribution is 5.79. The van der Waals surface area contributed by atoms with Crippen molar-refractivity contribution in [3.05, 3.63) is 36.0 Å². The predicted molar refractivity (Wildman–Crippen MR) is 62.8 cm³/mol. The third-order valence-corrected chi connectivity index (χ3v) is 2.35. The number of hydrogen-bond donors (Lipinski definition) is 1. The lowest BCUT2D eigenvalue weighted by atomic mass is 9.93. The van der Waals surface area contributed by atoms with E-state index in [0.29, 0.717) is 5.57 Å². The zero-order valence-electron chi connectivity index (χ0n) is 9.93. The van der Waals surface area contributed by atoms with Gasteiger partial charge in [0.1, 0.15) is 0 Å². The number of esters is 1. The van der Waals surface area contributed by atoms with Crippen LogP contribution in [0, 0.1) is 5.41 Å². The number of ether oxygens (including phenoxy) is 1. The van der Waals surface area contributed by atoms with Crippen molar-refractivity contribution in [1.82, 2.24) is 0 Å². The molecule has 1 aliphatic rings. The van der Waals surface area contributed by atoms with Gasteiger partial charge >= 0.3 is 5.97 Å². The zero-order chi connectivity index (χ0) is 12.2. The first-order valence-electron chi connectivity index (χ1n) is 5.39. The first-order valence-corrected chi connectivity index (χ1v) is 5.39. The third kappa shape index (κ3) is 3.35. The Balaban J connectivity index is 2.79. The van der Waals surface area contributed by atoms with E-state index < -0.39 is 12.1 Å². The van der Waals surface area contributed by atoms with Crippen LogP contribution >= 0.6 is 0 Å². The zero-order valence-corrected chi connectivity index (χ0v) is 9.93. The lowest BCUT2D eigenvalue weighted by Gasteiger charge is -2.13. The van der Waals surface area contributed by atoms with Crippen LogP contribution in [0.15, 0.2) is 36.0 Å². The molecule has 0 heterocycles. The number of carbonyl (C=O) groups is 1. The molecule has 0 fully saturated rings. The highest BCUT2D eigenvalue weighted by Gasteiger charge is 2.21. The molecule has 1 atom stereocenters. The molecule has 1 aliphatic carbocycles. The Morgan fingerprint density at radius 1 is 1.50 bits per heavy atom. The van der Waals surface area contributed by atoms with Crippen LogP contribution in [0.5, 0.6) is 0 Å². The van der Waals surface area contributed by atoms with E-state index in [1.165, 1.54) is 0 Å². The van der Waals surface area contributed by atoms with Crippen molar-refractivity contribution in [2.45, 2.75) is 26.9 Å². The largest absolute Gasteiger partial charge is 0.464 e. The molecule has 1 unspecified atom stereocenters. The van der Waals surface area contributed by atoms with Gasteiger partial charge in [0, 0.05) is 5.41 Å². The summed E-state index contributed by atoms with van der Waals surface area (Å²) in [4.78, 5) is 11.3. The van der Waals surface area contributed by atoms with E-state index in [0.717, 1.165) is 0 Å². The van der Waals surface area contributed by atoms with Crippen LogP contribution in [0.3, 0.4) is 0 Å². The van der Waals surface area contributed by atoms with Gasteiger partial charge in [0.05, 0.1) is 6.61 Å². The average molecular weight is 222 g/mol. The standard InChI is InChI=1S/C13H18O3/c1-4-16-12(15)11(14)10-6-5-8-13(2,3)9-7-10/h5-9,11,14H,4H2,1-3H3. The topological polar surface area (TPSA) is 46.5 Å². The molecule has 16 heavy (non-hydrogen) atoms. The summed E-state index contributed by atoms with van der Waals surface area (Å²) >= 11 is 0. The number of aliphatic hydroxyl groups excluding tert-OH is 1. The van der Waals surface area contributed by atoms with Crippen molar-refractivity contribution in [2.24, 2.45) is 5.41 Å². The number of hydrogen-bond acceptors (Lipinski definition) is 3. The number of rotatable bonds is 3. The van der Waals surface area contributed by atoms with E-state index in [2.05, 4.69) is 0 Å². The van der Waals surface area contributed by atoms with Crippen molar-refractivity contribution in [1.29, 1.82) is 0 Å². The summed E-state index contributed by atoms with van der Waals surface area (Å²) in [5.74, 6) is -0.605. The smallest absolute Gasteiger partial charge is 0.339 e. The van der Waals surface area contributed by atoms with Crippen LogP contribution in [0.4, 0.5) is 0 Å². The van der Waals surface area contributed by atoms with Crippen molar-refractivity contribution < 1.29 is 14.6 Å². The van der Waals surface area contributed by atoms with Gasteiger partial charge in [-0.1, -0.05) is 44.2 Å². The van der Waals surface area contributed by atoms with Gasteiger partial charge in [0.2, 0.25) is 0 Å². The van der Waals surface area contributed by atoms with E-state index in [-0.39, 0.29) is 12.0 Å². The lowest BCUT2D eigenvalue weighted by Crippen LogP contribution is -2.24. The van der Waals surface area contributed by atoms with Crippen LogP contribution in [0.1, 0.15) is 20.8 Å². The molecule has 0 saturated carbocycles. The summed E-state index contributed by atoms with van der Waals surface area (Å²) in [6.07, 6.45) is 8.10. The highest BCUT2D eigenvalue weighted by Crippen LogP contribution is 2.23. The van der Waals surface area contributed by atoms with Crippen LogP contribution in [0.2, 0.25) is 0 Å². The molecular weight excluding hydrogens is 204 g/mol. The summed E-state index contributed by atoms with van der Waals surface area (Å²) < 4.78 is 4.76. The monoisotopic (exact) mass is 222 g/mol. The maximum atomic E-state index is 11.3. The molecule has 0 aromatic heterocycles. The molecule has 88 valence electrons. The fraction of sp³-hybridized carbons (Fsp3) is 0.462. The number of carbonyl (C=O) groups excluding carboxylic acids is 1. The molecule has 0 spiro atoms. The molecule has 0 aliphatic heterocycles. The van der Waals surface area contributed by atoms with Crippen molar-refractivity contribution in [3.63, 3.8) is 0 Å². The Labute approximate surface area is 96.1 Å². The van der Waals surface area contributed by atoms with Gasteiger partial charge in [-0.15, -0.1) is 0 Å². The lowest BCUT2D eigenvalue weighted by molar-refractivity contribution is -0.150. The molecule has 0 aromatic rings. The van der Waals surface area contributed by atoms with Crippen molar-refractivity contribution >= 4 is 5.97 Å². The van der Waals surface area contributed by atoms with E-state index in [9.17, 15) is 9.90 Å². The summed E-state index contributed by atoms with van der Waals surface area (Å²) in [6.45, 7) is 6.08. The van der Waals surface area contributed by atoms with Gasteiger partial charge < -0.3 is 9.84 Å². The minimum atomic E-state index is -1.20. The minimum Gasteiger partial charge on any atom is -0.464 e. The molecule has 3 heteroatoms. The Morgan fingerprint density at radius 3 is 2.81 bits per heavy atom. The van der Waals surface area contributed by atoms with E-state index >= 15 is 0 Å². The third-order valence-electron chi connectivity index (χ3n) is 2.35. The number of allylic oxidation sites excluding steroid dienone is 4. The summed E-state index contributed by atoms with van der Waals surface area (Å²) in [5, 5.41) is 9.74. The first-order chi connectivity index (χ1) is 7.46. The van der Waals surface area contributed by atoms with Gasteiger partial charge in [-0.25, -0.2) is 4.79 Å². The second-order valence-corrected chi connectivity index (χ2v) is 4.34. The van der Waals surface area contributed by atoms with Crippen molar-refractivity contribution in [2.75, 3.05) is 6.61 Å². The summed E-state index contributed by atoms with van der Waals surface area (Å²) in [7, 11) is 0. The first kappa shape index (κ1) is 12.7. The van der Waals surface area contributed by atoms with Crippen LogP contribution < -0.4 is 0 Å². The van der Waals surface area contributed by atoms with Crippen LogP contribution in [-0.2, 0) is 9.53 Å². The van der Waals surface area contributed by atoms with Gasteiger partial charge in [-0.2, -0.15) is 0 Å². The van der Waals surface area contributed by atoms with Gasteiger partial charge in [-0.3, -0.25) is 0 Å². The fourth-order valence-corrected chi connectivity index (χ4v) is 1.37. The summed E-state index contributed by atoms with van der Waals surface area (Å²) in [5.41, 5.74) is 0.493. The fourth-order valence-electron chi connectivity index (χ4n) is 1.37. The Morgan fingerprint density at radius 2 is 2.19 bits per heavy atom. The molecule has 0 saturated heterocycles. The normalized spacial score (nSPS) is 19.9. The second kappa shape index (κ2) is 5.12. The average Bonchev–Trinajstić information content (AvgIpc) is 2.39. The molecule has 0 aromatic carbocycles. The molecule has 0 radical (unpaired) electrons. The number of aliphatic hydroxyl groups is 1. The molecule has 0 amide bonds. The van der Waals surface area contributed by atoms with E-state index in [4.69, 9.17) is 4.74 Å². The highest BCUT2D eigenvalue weighted by atomic mass is 16.5. The quantitative estimate of drug-likeness (QED) is 0.743. The molecule has 1 rings (SSSR count). The van der Waals surface area contributed by atoms with Gasteiger partial charge in [-0.05, 0) is 12.5 Å². The second-order valence-electron chi connectivity index (χ2n) is 4.34. The minimum absolute atomic E-state index is 0.0629. The summed E-state index contributed by atoms with van der Waals surface area (Å²) in [6, 6.07) is 0. The molecule has 1 N–H and O–H groups in total. The van der Waals surface area contributed by atoms with Crippen LogP contribution in [-0.4, -0.2) is 23.8 Å². The maximum absolute atomic E-state index is 11.3. The molecule has 0 bridgehead atoms. The van der Waals surface area contributed by atoms with E-state index in [1.807, 2.05) is 32.1 Å². The van der Waals surface area contributed by atoms with Crippen molar-refractivity contribution in [3.8, 4) is 0 Å². The van der Waals surface area contributed by atoms with Crippen LogP contribution in [0.25, 0.3) is 0 Å². The Kier molecular flexibility index (Phi) is 4.07. The Bertz CT molecular complexity index is 348. The Hall–Kier alpha value is -1.35.